The van der Waals surface area contributed by atoms with Gasteiger partial charge in [0, 0.05) is 12.0 Å². The third kappa shape index (κ3) is 11.0. The van der Waals surface area contributed by atoms with Gasteiger partial charge in [-0.1, -0.05) is 70.1 Å². The molecule has 5 heteroatoms. The van der Waals surface area contributed by atoms with Gasteiger partial charge in [0.05, 0.1) is 25.4 Å². The summed E-state index contributed by atoms with van der Waals surface area (Å²) in [7, 11) is 0. The molecular weight excluding hydrogens is 368 g/mol. The third-order valence-electron chi connectivity index (χ3n) is 5.43. The van der Waals surface area contributed by atoms with Crippen molar-refractivity contribution in [1.29, 1.82) is 0 Å². The summed E-state index contributed by atoms with van der Waals surface area (Å²) in [5, 5.41) is 20.8. The summed E-state index contributed by atoms with van der Waals surface area (Å²) >= 11 is 0. The quantitative estimate of drug-likeness (QED) is 0.188. The first-order valence-electron chi connectivity index (χ1n) is 11.5. The molecule has 1 aliphatic rings. The van der Waals surface area contributed by atoms with Crippen LogP contribution in [0.3, 0.4) is 0 Å². The maximum absolute atomic E-state index is 11.9. The van der Waals surface area contributed by atoms with Crippen molar-refractivity contribution in [3.8, 4) is 0 Å². The summed E-state index contributed by atoms with van der Waals surface area (Å²) in [5.74, 6) is -0.443. The number of carbonyl (C=O) groups excluding carboxylic acids is 1. The van der Waals surface area contributed by atoms with Crippen molar-refractivity contribution in [3.05, 3.63) is 23.8 Å². The number of allylic oxidation sites excluding steroid dienone is 2. The standard InChI is InChI=1S/C24H42O5/c1-4-6-8-10-11-13-15-28-22(25)17-19(3)16-21-24(27)23(26)20(18-29-21)14-12-9-7-5-2/h9,12,17,20-21,23-24,26-27H,4-8,10-11,13-16,18H2,1-3H3/b12-9+,19-17+/t20-,21-,23-,24-/m0/s1. The van der Waals surface area contributed by atoms with Crippen molar-refractivity contribution >= 4 is 5.97 Å². The van der Waals surface area contributed by atoms with Crippen LogP contribution in [0.4, 0.5) is 0 Å². The molecule has 1 heterocycles. The van der Waals surface area contributed by atoms with Crippen molar-refractivity contribution in [1.82, 2.24) is 0 Å². The molecule has 0 aliphatic carbocycles. The number of carbonyl (C=O) groups is 1. The number of esters is 1. The first-order chi connectivity index (χ1) is 14.0. The van der Waals surface area contributed by atoms with Crippen LogP contribution >= 0.6 is 0 Å². The van der Waals surface area contributed by atoms with E-state index in [0.717, 1.165) is 31.3 Å². The summed E-state index contributed by atoms with van der Waals surface area (Å²) < 4.78 is 11.1. The molecule has 168 valence electrons. The molecule has 5 nitrogen and oxygen atoms in total. The number of hydrogen-bond donors (Lipinski definition) is 2. The second-order valence-corrected chi connectivity index (χ2v) is 8.24. The minimum absolute atomic E-state index is 0.0964. The van der Waals surface area contributed by atoms with E-state index in [1.165, 1.54) is 31.8 Å². The molecule has 0 aromatic rings. The molecule has 4 atom stereocenters. The lowest BCUT2D eigenvalue weighted by Gasteiger charge is -2.37. The molecule has 1 rings (SSSR count). The van der Waals surface area contributed by atoms with Crippen molar-refractivity contribution < 1.29 is 24.5 Å². The van der Waals surface area contributed by atoms with Crippen molar-refractivity contribution in [2.24, 2.45) is 5.92 Å². The minimum Gasteiger partial charge on any atom is -0.463 e. The van der Waals surface area contributed by atoms with E-state index in [1.807, 2.05) is 6.92 Å². The molecule has 1 fully saturated rings. The van der Waals surface area contributed by atoms with E-state index in [4.69, 9.17) is 9.47 Å². The van der Waals surface area contributed by atoms with Crippen LogP contribution in [0.25, 0.3) is 0 Å². The Hall–Kier alpha value is -1.17. The van der Waals surface area contributed by atoms with Crippen molar-refractivity contribution in [2.75, 3.05) is 13.2 Å². The van der Waals surface area contributed by atoms with Gasteiger partial charge in [0.2, 0.25) is 0 Å². The molecule has 0 spiro atoms. The van der Waals surface area contributed by atoms with Crippen LogP contribution in [0.2, 0.25) is 0 Å². The monoisotopic (exact) mass is 410 g/mol. The zero-order valence-electron chi connectivity index (χ0n) is 18.6. The van der Waals surface area contributed by atoms with Gasteiger partial charge in [0.1, 0.15) is 6.10 Å². The number of hydrogen-bond acceptors (Lipinski definition) is 5. The second-order valence-electron chi connectivity index (χ2n) is 8.24. The van der Waals surface area contributed by atoms with Crippen LogP contribution in [0, 0.1) is 5.92 Å². The van der Waals surface area contributed by atoms with Gasteiger partial charge in [-0.05, 0) is 32.6 Å². The van der Waals surface area contributed by atoms with Crippen LogP contribution in [0.1, 0.15) is 85.0 Å². The molecule has 0 aromatic carbocycles. The van der Waals surface area contributed by atoms with E-state index in [1.54, 1.807) is 0 Å². The zero-order chi connectivity index (χ0) is 21.5. The molecule has 0 unspecified atom stereocenters. The normalized spacial score (nSPS) is 25.5. The van der Waals surface area contributed by atoms with Crippen LogP contribution in [0.15, 0.2) is 23.8 Å². The maximum atomic E-state index is 11.9. The van der Waals surface area contributed by atoms with E-state index in [0.29, 0.717) is 26.1 Å². The van der Waals surface area contributed by atoms with Gasteiger partial charge in [-0.2, -0.15) is 0 Å². The molecule has 29 heavy (non-hydrogen) atoms. The van der Waals surface area contributed by atoms with Gasteiger partial charge in [0.25, 0.3) is 0 Å². The summed E-state index contributed by atoms with van der Waals surface area (Å²) in [6, 6.07) is 0. The Labute approximate surface area is 177 Å². The number of aliphatic hydroxyl groups is 2. The van der Waals surface area contributed by atoms with Gasteiger partial charge in [-0.25, -0.2) is 4.79 Å². The molecule has 0 amide bonds. The Kier molecular flexibility index (Phi) is 14.0. The SMILES string of the molecule is CCC/C=C/C[C@H]1CO[C@@H](C/C(C)=C/C(=O)OCCCCCCCC)[C@H](O)[C@H]1O. The smallest absolute Gasteiger partial charge is 0.330 e. The second kappa shape index (κ2) is 15.6. The first kappa shape index (κ1) is 25.9. The highest BCUT2D eigenvalue weighted by molar-refractivity contribution is 5.82. The minimum atomic E-state index is -0.948. The zero-order valence-corrected chi connectivity index (χ0v) is 18.6. The summed E-state index contributed by atoms with van der Waals surface area (Å²) in [6.07, 6.45) is 13.5. The highest BCUT2D eigenvalue weighted by atomic mass is 16.5. The van der Waals surface area contributed by atoms with E-state index in [-0.39, 0.29) is 11.9 Å². The van der Waals surface area contributed by atoms with E-state index in [9.17, 15) is 15.0 Å². The largest absolute Gasteiger partial charge is 0.463 e. The van der Waals surface area contributed by atoms with Gasteiger partial charge < -0.3 is 19.7 Å². The molecular formula is C24H42O5. The van der Waals surface area contributed by atoms with E-state index < -0.39 is 18.3 Å². The fourth-order valence-corrected chi connectivity index (χ4v) is 3.56. The average Bonchev–Trinajstić information content (AvgIpc) is 2.69. The average molecular weight is 411 g/mol. The summed E-state index contributed by atoms with van der Waals surface area (Å²) in [5.41, 5.74) is 0.787. The lowest BCUT2D eigenvalue weighted by molar-refractivity contribution is -0.162. The predicted molar refractivity (Wildman–Crippen MR) is 117 cm³/mol. The Balaban J connectivity index is 2.32. The molecule has 1 saturated heterocycles. The molecule has 2 N–H and O–H groups in total. The predicted octanol–water partition coefficient (Wildman–Crippen LogP) is 4.71. The lowest BCUT2D eigenvalue weighted by atomic mass is 9.87. The highest BCUT2D eigenvalue weighted by Gasteiger charge is 2.37. The van der Waals surface area contributed by atoms with Gasteiger partial charge >= 0.3 is 5.97 Å². The van der Waals surface area contributed by atoms with Gasteiger partial charge in [0.15, 0.2) is 0 Å². The first-order valence-corrected chi connectivity index (χ1v) is 11.5. The fourth-order valence-electron chi connectivity index (χ4n) is 3.56. The third-order valence-corrected chi connectivity index (χ3v) is 5.43. The summed E-state index contributed by atoms with van der Waals surface area (Å²) in [4.78, 5) is 11.9. The molecule has 0 radical (unpaired) electrons. The molecule has 1 aliphatic heterocycles. The van der Waals surface area contributed by atoms with Crippen LogP contribution in [-0.4, -0.2) is 47.7 Å². The summed E-state index contributed by atoms with van der Waals surface area (Å²) in [6.45, 7) is 7.00. The Bertz CT molecular complexity index is 499. The fraction of sp³-hybridized carbons (Fsp3) is 0.792. The number of ether oxygens (including phenoxy) is 2. The van der Waals surface area contributed by atoms with E-state index in [2.05, 4.69) is 26.0 Å². The molecule has 0 saturated carbocycles. The molecule has 0 aromatic heterocycles. The lowest BCUT2D eigenvalue weighted by Crippen LogP contribution is -2.49. The Morgan fingerprint density at radius 1 is 1.03 bits per heavy atom. The number of unbranched alkanes of at least 4 members (excludes halogenated alkanes) is 6. The molecule has 0 bridgehead atoms. The Morgan fingerprint density at radius 3 is 2.48 bits per heavy atom. The van der Waals surface area contributed by atoms with Crippen LogP contribution < -0.4 is 0 Å². The Morgan fingerprint density at radius 2 is 1.76 bits per heavy atom. The number of aliphatic hydroxyl groups excluding tert-OH is 2. The number of rotatable bonds is 14. The van der Waals surface area contributed by atoms with E-state index >= 15 is 0 Å². The van der Waals surface area contributed by atoms with Crippen LogP contribution in [0.5, 0.6) is 0 Å². The van der Waals surface area contributed by atoms with Crippen LogP contribution in [-0.2, 0) is 14.3 Å². The topological polar surface area (TPSA) is 76.0 Å². The maximum Gasteiger partial charge on any atom is 0.330 e. The highest BCUT2D eigenvalue weighted by Crippen LogP contribution is 2.27. The van der Waals surface area contributed by atoms with Crippen molar-refractivity contribution in [2.45, 2.75) is 103 Å². The van der Waals surface area contributed by atoms with Gasteiger partial charge in [-0.15, -0.1) is 0 Å². The van der Waals surface area contributed by atoms with Crippen molar-refractivity contribution in [3.63, 3.8) is 0 Å². The van der Waals surface area contributed by atoms with Gasteiger partial charge in [-0.3, -0.25) is 0 Å².